The molecule has 30 heavy (non-hydrogen) atoms. The van der Waals surface area contributed by atoms with Crippen molar-refractivity contribution < 1.29 is 13.6 Å². The number of carbonyl (C=O) groups excluding carboxylic acids is 1. The van der Waals surface area contributed by atoms with Crippen molar-refractivity contribution in [2.75, 3.05) is 28.6 Å². The van der Waals surface area contributed by atoms with Crippen LogP contribution in [-0.2, 0) is 0 Å². The molecule has 6 nitrogen and oxygen atoms in total. The highest BCUT2D eigenvalue weighted by Gasteiger charge is 2.13. The van der Waals surface area contributed by atoms with Gasteiger partial charge in [0.1, 0.15) is 17.5 Å². The molecule has 0 aliphatic carbocycles. The third kappa shape index (κ3) is 5.08. The summed E-state index contributed by atoms with van der Waals surface area (Å²) in [6.07, 6.45) is 0. The number of aryl methyl sites for hydroxylation is 1. The van der Waals surface area contributed by atoms with Gasteiger partial charge in [0.05, 0.1) is 5.56 Å². The lowest BCUT2D eigenvalue weighted by Gasteiger charge is -2.20. The molecule has 3 rings (SSSR count). The Labute approximate surface area is 174 Å². The smallest absolute Gasteiger partial charge is 0.258 e. The molecule has 3 aromatic rings. The fraction of sp³-hybridized carbons (Fsp3) is 0.227. The Hall–Kier alpha value is -3.55. The predicted molar refractivity (Wildman–Crippen MR) is 114 cm³/mol. The minimum absolute atomic E-state index is 0.226. The van der Waals surface area contributed by atoms with Gasteiger partial charge in [-0.3, -0.25) is 4.79 Å². The van der Waals surface area contributed by atoms with E-state index in [1.807, 2.05) is 13.0 Å². The Bertz CT molecular complexity index is 1040. The van der Waals surface area contributed by atoms with E-state index >= 15 is 0 Å². The number of nitrogens with zero attached hydrogens (tertiary/aromatic N) is 3. The first-order chi connectivity index (χ1) is 14.4. The first-order valence-electron chi connectivity index (χ1n) is 9.63. The van der Waals surface area contributed by atoms with E-state index in [2.05, 4.69) is 39.3 Å². The Morgan fingerprint density at radius 1 is 0.967 bits per heavy atom. The van der Waals surface area contributed by atoms with Crippen LogP contribution in [0.2, 0.25) is 0 Å². The van der Waals surface area contributed by atoms with E-state index in [1.165, 1.54) is 0 Å². The number of halogens is 2. The van der Waals surface area contributed by atoms with Crippen molar-refractivity contribution in [1.82, 2.24) is 9.97 Å². The number of rotatable bonds is 7. The second kappa shape index (κ2) is 9.30. The largest absolute Gasteiger partial charge is 0.357 e. The SMILES string of the molecule is CCN(CC)c1cc(C)nc(Nc2ccc(NC(=O)c3ccc(F)cc3F)cc2)n1. The molecule has 0 spiro atoms. The second-order valence-electron chi connectivity index (χ2n) is 6.64. The molecule has 1 amide bonds. The first-order valence-corrected chi connectivity index (χ1v) is 9.63. The molecule has 0 unspecified atom stereocenters. The first kappa shape index (κ1) is 21.2. The van der Waals surface area contributed by atoms with E-state index in [-0.39, 0.29) is 5.56 Å². The minimum Gasteiger partial charge on any atom is -0.357 e. The monoisotopic (exact) mass is 411 g/mol. The highest BCUT2D eigenvalue weighted by atomic mass is 19.1. The molecule has 0 fully saturated rings. The molecule has 156 valence electrons. The summed E-state index contributed by atoms with van der Waals surface area (Å²) < 4.78 is 26.8. The van der Waals surface area contributed by atoms with Gasteiger partial charge in [0, 0.05) is 42.3 Å². The Morgan fingerprint density at radius 2 is 1.63 bits per heavy atom. The summed E-state index contributed by atoms with van der Waals surface area (Å²) in [5, 5.41) is 5.74. The van der Waals surface area contributed by atoms with Crippen LogP contribution in [0.4, 0.5) is 31.9 Å². The molecule has 0 saturated carbocycles. The summed E-state index contributed by atoms with van der Waals surface area (Å²) in [4.78, 5) is 23.3. The molecule has 1 heterocycles. The topological polar surface area (TPSA) is 70.2 Å². The average molecular weight is 411 g/mol. The van der Waals surface area contributed by atoms with Gasteiger partial charge in [-0.1, -0.05) is 0 Å². The molecule has 1 aromatic heterocycles. The Balaban J connectivity index is 1.71. The van der Waals surface area contributed by atoms with Gasteiger partial charge in [0.15, 0.2) is 0 Å². The lowest BCUT2D eigenvalue weighted by atomic mass is 10.2. The standard InChI is InChI=1S/C22H23F2N5O/c1-4-29(5-2)20-12-14(3)25-22(28-20)27-17-9-7-16(8-10-17)26-21(30)18-11-6-15(23)13-19(18)24/h6-13H,4-5H2,1-3H3,(H,26,30)(H,25,27,28). The minimum atomic E-state index is -0.911. The number of aromatic nitrogens is 2. The van der Waals surface area contributed by atoms with Crippen molar-refractivity contribution in [2.24, 2.45) is 0 Å². The van der Waals surface area contributed by atoms with Gasteiger partial charge >= 0.3 is 0 Å². The van der Waals surface area contributed by atoms with Crippen LogP contribution >= 0.6 is 0 Å². The van der Waals surface area contributed by atoms with Crippen molar-refractivity contribution >= 4 is 29.0 Å². The molecular weight excluding hydrogens is 388 g/mol. The molecule has 2 N–H and O–H groups in total. The summed E-state index contributed by atoms with van der Waals surface area (Å²) in [5.74, 6) is -0.977. The zero-order valence-corrected chi connectivity index (χ0v) is 17.0. The third-order valence-electron chi connectivity index (χ3n) is 4.50. The number of amides is 1. The highest BCUT2D eigenvalue weighted by molar-refractivity contribution is 6.04. The predicted octanol–water partition coefficient (Wildman–Crippen LogP) is 4.91. The summed E-state index contributed by atoms with van der Waals surface area (Å²) in [6.45, 7) is 7.73. The zero-order chi connectivity index (χ0) is 21.7. The zero-order valence-electron chi connectivity index (χ0n) is 17.0. The number of benzene rings is 2. The molecule has 0 bridgehead atoms. The number of nitrogens with one attached hydrogen (secondary N) is 2. The maximum atomic E-state index is 13.8. The van der Waals surface area contributed by atoms with E-state index in [1.54, 1.807) is 24.3 Å². The number of hydrogen-bond acceptors (Lipinski definition) is 5. The maximum Gasteiger partial charge on any atom is 0.258 e. The lowest BCUT2D eigenvalue weighted by molar-refractivity contribution is 0.102. The molecule has 0 aliphatic rings. The fourth-order valence-electron chi connectivity index (χ4n) is 2.96. The van der Waals surface area contributed by atoms with Gasteiger partial charge < -0.3 is 15.5 Å². The van der Waals surface area contributed by atoms with Gasteiger partial charge in [-0.15, -0.1) is 0 Å². The van der Waals surface area contributed by atoms with Crippen molar-refractivity contribution in [3.63, 3.8) is 0 Å². The van der Waals surface area contributed by atoms with Crippen LogP contribution in [0.3, 0.4) is 0 Å². The van der Waals surface area contributed by atoms with E-state index in [0.717, 1.165) is 42.4 Å². The third-order valence-corrected chi connectivity index (χ3v) is 4.50. The van der Waals surface area contributed by atoms with Crippen molar-refractivity contribution in [3.8, 4) is 0 Å². The summed E-state index contributed by atoms with van der Waals surface area (Å²) in [5.41, 5.74) is 1.83. The average Bonchev–Trinajstić information content (AvgIpc) is 2.70. The van der Waals surface area contributed by atoms with Crippen LogP contribution in [-0.4, -0.2) is 29.0 Å². The number of anilines is 4. The Morgan fingerprint density at radius 3 is 2.27 bits per heavy atom. The van der Waals surface area contributed by atoms with Crippen LogP contribution < -0.4 is 15.5 Å². The second-order valence-corrected chi connectivity index (χ2v) is 6.64. The van der Waals surface area contributed by atoms with E-state index in [0.29, 0.717) is 17.7 Å². The van der Waals surface area contributed by atoms with Crippen LogP contribution in [0, 0.1) is 18.6 Å². The molecular formula is C22H23F2N5O. The number of hydrogen-bond donors (Lipinski definition) is 2. The van der Waals surface area contributed by atoms with E-state index in [4.69, 9.17) is 0 Å². The molecule has 8 heteroatoms. The van der Waals surface area contributed by atoms with E-state index in [9.17, 15) is 13.6 Å². The van der Waals surface area contributed by atoms with Crippen LogP contribution in [0.1, 0.15) is 29.9 Å². The summed E-state index contributed by atoms with van der Waals surface area (Å²) >= 11 is 0. The molecule has 0 radical (unpaired) electrons. The molecule has 0 atom stereocenters. The summed E-state index contributed by atoms with van der Waals surface area (Å²) in [7, 11) is 0. The van der Waals surface area contributed by atoms with Gasteiger partial charge in [0.2, 0.25) is 5.95 Å². The van der Waals surface area contributed by atoms with Gasteiger partial charge in [-0.2, -0.15) is 4.98 Å². The lowest BCUT2D eigenvalue weighted by Crippen LogP contribution is -2.23. The Kier molecular flexibility index (Phi) is 6.56. The van der Waals surface area contributed by atoms with Crippen molar-refractivity contribution in [1.29, 1.82) is 0 Å². The van der Waals surface area contributed by atoms with Crippen molar-refractivity contribution in [2.45, 2.75) is 20.8 Å². The van der Waals surface area contributed by atoms with Gasteiger partial charge in [-0.25, -0.2) is 13.8 Å². The van der Waals surface area contributed by atoms with E-state index < -0.39 is 17.5 Å². The maximum absolute atomic E-state index is 13.8. The molecule has 0 aliphatic heterocycles. The highest BCUT2D eigenvalue weighted by Crippen LogP contribution is 2.21. The summed E-state index contributed by atoms with van der Waals surface area (Å²) in [6, 6.07) is 11.6. The van der Waals surface area contributed by atoms with Gasteiger partial charge in [-0.05, 0) is 57.2 Å². The molecule has 2 aromatic carbocycles. The quantitative estimate of drug-likeness (QED) is 0.578. The van der Waals surface area contributed by atoms with Crippen LogP contribution in [0.5, 0.6) is 0 Å². The fourth-order valence-corrected chi connectivity index (χ4v) is 2.96. The van der Waals surface area contributed by atoms with Crippen LogP contribution in [0.15, 0.2) is 48.5 Å². The normalized spacial score (nSPS) is 10.6. The van der Waals surface area contributed by atoms with Crippen LogP contribution in [0.25, 0.3) is 0 Å². The van der Waals surface area contributed by atoms with Crippen molar-refractivity contribution in [3.05, 3.63) is 71.4 Å². The van der Waals surface area contributed by atoms with Gasteiger partial charge in [0.25, 0.3) is 5.91 Å². The molecule has 0 saturated heterocycles. The number of carbonyl (C=O) groups is 1.